The highest BCUT2D eigenvalue weighted by atomic mass is 16.5. The molecule has 3 heteroatoms. The lowest BCUT2D eigenvalue weighted by Gasteiger charge is -2.12. The summed E-state index contributed by atoms with van der Waals surface area (Å²) in [7, 11) is 0. The van der Waals surface area contributed by atoms with E-state index >= 15 is 0 Å². The van der Waals surface area contributed by atoms with Crippen LogP contribution in [0.25, 0.3) is 10.9 Å². The van der Waals surface area contributed by atoms with Crippen molar-refractivity contribution in [2.24, 2.45) is 5.73 Å². The molecule has 1 aliphatic carbocycles. The first-order valence-corrected chi connectivity index (χ1v) is 6.53. The standard InChI is InChI=1S/C15H18N2O/c16-13-6-7-14(9-13)18-10-12-4-1-3-11-5-2-8-17-15(11)12/h1-5,8,13-14H,6-7,9-10,16H2. The summed E-state index contributed by atoms with van der Waals surface area (Å²) in [6.45, 7) is 0.631. The molecule has 1 heterocycles. The van der Waals surface area contributed by atoms with Gasteiger partial charge in [-0.1, -0.05) is 24.3 Å². The number of para-hydroxylation sites is 1. The van der Waals surface area contributed by atoms with Crippen molar-refractivity contribution >= 4 is 10.9 Å². The Hall–Kier alpha value is -1.45. The van der Waals surface area contributed by atoms with Crippen LogP contribution >= 0.6 is 0 Å². The van der Waals surface area contributed by atoms with Gasteiger partial charge in [0.05, 0.1) is 18.2 Å². The van der Waals surface area contributed by atoms with Crippen LogP contribution in [0.2, 0.25) is 0 Å². The summed E-state index contributed by atoms with van der Waals surface area (Å²) in [6.07, 6.45) is 5.30. The smallest absolute Gasteiger partial charge is 0.0757 e. The number of nitrogens with two attached hydrogens (primary N) is 1. The zero-order valence-electron chi connectivity index (χ0n) is 10.4. The van der Waals surface area contributed by atoms with E-state index in [0.717, 1.165) is 30.3 Å². The normalized spacial score (nSPS) is 23.6. The van der Waals surface area contributed by atoms with Crippen LogP contribution < -0.4 is 5.73 Å². The van der Waals surface area contributed by atoms with E-state index in [4.69, 9.17) is 10.5 Å². The summed E-state index contributed by atoms with van der Waals surface area (Å²) in [5.41, 5.74) is 8.10. The van der Waals surface area contributed by atoms with Crippen LogP contribution in [0.3, 0.4) is 0 Å². The van der Waals surface area contributed by atoms with Gasteiger partial charge in [-0.05, 0) is 25.3 Å². The van der Waals surface area contributed by atoms with Crippen LogP contribution in [0.15, 0.2) is 36.5 Å². The quantitative estimate of drug-likeness (QED) is 0.900. The number of benzene rings is 1. The summed E-state index contributed by atoms with van der Waals surface area (Å²) < 4.78 is 5.95. The van der Waals surface area contributed by atoms with E-state index in [1.807, 2.05) is 12.3 Å². The largest absolute Gasteiger partial charge is 0.373 e. The van der Waals surface area contributed by atoms with E-state index < -0.39 is 0 Å². The lowest BCUT2D eigenvalue weighted by atomic mass is 10.1. The summed E-state index contributed by atoms with van der Waals surface area (Å²) in [5, 5.41) is 1.17. The molecule has 1 aliphatic rings. The molecule has 2 atom stereocenters. The Morgan fingerprint density at radius 2 is 2.11 bits per heavy atom. The number of nitrogens with zero attached hydrogens (tertiary/aromatic N) is 1. The molecule has 0 radical (unpaired) electrons. The number of pyridine rings is 1. The van der Waals surface area contributed by atoms with Gasteiger partial charge in [-0.3, -0.25) is 4.98 Å². The fourth-order valence-corrected chi connectivity index (χ4v) is 2.62. The number of fused-ring (bicyclic) bond motifs is 1. The Morgan fingerprint density at radius 1 is 1.22 bits per heavy atom. The van der Waals surface area contributed by atoms with Gasteiger partial charge in [-0.2, -0.15) is 0 Å². The zero-order valence-corrected chi connectivity index (χ0v) is 10.4. The predicted molar refractivity (Wildman–Crippen MR) is 72.1 cm³/mol. The average Bonchev–Trinajstić information content (AvgIpc) is 2.82. The highest BCUT2D eigenvalue weighted by molar-refractivity contribution is 5.81. The van der Waals surface area contributed by atoms with Gasteiger partial charge < -0.3 is 10.5 Å². The monoisotopic (exact) mass is 242 g/mol. The van der Waals surface area contributed by atoms with Crippen LogP contribution in [-0.4, -0.2) is 17.1 Å². The third-order valence-electron chi connectivity index (χ3n) is 3.62. The Kier molecular flexibility index (Phi) is 3.26. The van der Waals surface area contributed by atoms with Crippen molar-refractivity contribution in [1.82, 2.24) is 4.98 Å². The summed E-state index contributed by atoms with van der Waals surface area (Å²) in [5.74, 6) is 0. The molecule has 1 saturated carbocycles. The van der Waals surface area contributed by atoms with E-state index in [1.165, 1.54) is 5.39 Å². The van der Waals surface area contributed by atoms with E-state index in [-0.39, 0.29) is 0 Å². The molecule has 0 amide bonds. The minimum atomic E-state index is 0.318. The number of rotatable bonds is 3. The Labute approximate surface area is 107 Å². The lowest BCUT2D eigenvalue weighted by Crippen LogP contribution is -2.17. The van der Waals surface area contributed by atoms with Gasteiger partial charge >= 0.3 is 0 Å². The summed E-state index contributed by atoms with van der Waals surface area (Å²) >= 11 is 0. The first-order chi connectivity index (χ1) is 8.83. The molecule has 1 aromatic carbocycles. The first-order valence-electron chi connectivity index (χ1n) is 6.53. The van der Waals surface area contributed by atoms with Gasteiger partial charge in [-0.25, -0.2) is 0 Å². The lowest BCUT2D eigenvalue weighted by molar-refractivity contribution is 0.0454. The second-order valence-electron chi connectivity index (χ2n) is 5.00. The van der Waals surface area contributed by atoms with Crippen LogP contribution in [0.5, 0.6) is 0 Å². The highest BCUT2D eigenvalue weighted by Crippen LogP contribution is 2.23. The maximum absolute atomic E-state index is 5.95. The Bertz CT molecular complexity index is 536. The van der Waals surface area contributed by atoms with Gasteiger partial charge in [0.2, 0.25) is 0 Å². The summed E-state index contributed by atoms with van der Waals surface area (Å²) in [6, 6.07) is 10.6. The Balaban J connectivity index is 1.74. The van der Waals surface area contributed by atoms with E-state index in [2.05, 4.69) is 29.2 Å². The molecule has 18 heavy (non-hydrogen) atoms. The maximum atomic E-state index is 5.95. The fourth-order valence-electron chi connectivity index (χ4n) is 2.62. The minimum Gasteiger partial charge on any atom is -0.373 e. The van der Waals surface area contributed by atoms with E-state index in [0.29, 0.717) is 18.8 Å². The molecule has 2 unspecified atom stereocenters. The first kappa shape index (κ1) is 11.6. The second-order valence-corrected chi connectivity index (χ2v) is 5.00. The minimum absolute atomic E-state index is 0.318. The molecule has 2 aromatic rings. The second kappa shape index (κ2) is 5.04. The zero-order chi connectivity index (χ0) is 12.4. The molecular weight excluding hydrogens is 224 g/mol. The van der Waals surface area contributed by atoms with Crippen molar-refractivity contribution in [2.45, 2.75) is 38.0 Å². The van der Waals surface area contributed by atoms with E-state index in [1.54, 1.807) is 0 Å². The van der Waals surface area contributed by atoms with Gasteiger partial charge in [0.1, 0.15) is 0 Å². The molecule has 0 spiro atoms. The number of hydrogen-bond donors (Lipinski definition) is 1. The van der Waals surface area contributed by atoms with Crippen LogP contribution in [0, 0.1) is 0 Å². The molecule has 3 nitrogen and oxygen atoms in total. The highest BCUT2D eigenvalue weighted by Gasteiger charge is 2.22. The molecule has 3 rings (SSSR count). The Morgan fingerprint density at radius 3 is 2.94 bits per heavy atom. The van der Waals surface area contributed by atoms with Gasteiger partial charge in [0.25, 0.3) is 0 Å². The van der Waals surface area contributed by atoms with Crippen molar-refractivity contribution in [3.05, 3.63) is 42.1 Å². The van der Waals surface area contributed by atoms with Crippen molar-refractivity contribution < 1.29 is 4.74 Å². The molecule has 1 aromatic heterocycles. The average molecular weight is 242 g/mol. The topological polar surface area (TPSA) is 48.1 Å². The predicted octanol–water partition coefficient (Wildman–Crippen LogP) is 2.63. The van der Waals surface area contributed by atoms with Crippen LogP contribution in [0.1, 0.15) is 24.8 Å². The number of aromatic nitrogens is 1. The van der Waals surface area contributed by atoms with Crippen molar-refractivity contribution in [2.75, 3.05) is 0 Å². The van der Waals surface area contributed by atoms with Gasteiger partial charge in [-0.15, -0.1) is 0 Å². The van der Waals surface area contributed by atoms with Crippen LogP contribution in [0.4, 0.5) is 0 Å². The van der Waals surface area contributed by atoms with Crippen molar-refractivity contribution in [3.8, 4) is 0 Å². The van der Waals surface area contributed by atoms with Crippen LogP contribution in [-0.2, 0) is 11.3 Å². The van der Waals surface area contributed by atoms with Crippen molar-refractivity contribution in [3.63, 3.8) is 0 Å². The van der Waals surface area contributed by atoms with Gasteiger partial charge in [0.15, 0.2) is 0 Å². The molecule has 1 fully saturated rings. The number of ether oxygens (including phenoxy) is 1. The molecule has 0 saturated heterocycles. The molecule has 94 valence electrons. The molecule has 0 aliphatic heterocycles. The SMILES string of the molecule is NC1CCC(OCc2cccc3cccnc23)C1. The van der Waals surface area contributed by atoms with Crippen molar-refractivity contribution in [1.29, 1.82) is 0 Å². The summed E-state index contributed by atoms with van der Waals surface area (Å²) in [4.78, 5) is 4.44. The molecule has 2 N–H and O–H groups in total. The fraction of sp³-hybridized carbons (Fsp3) is 0.400. The third-order valence-corrected chi connectivity index (χ3v) is 3.62. The molecule has 0 bridgehead atoms. The maximum Gasteiger partial charge on any atom is 0.0757 e. The molecular formula is C15H18N2O. The third kappa shape index (κ3) is 2.37. The van der Waals surface area contributed by atoms with E-state index in [9.17, 15) is 0 Å². The van der Waals surface area contributed by atoms with Gasteiger partial charge in [0, 0.05) is 23.2 Å². The number of hydrogen-bond acceptors (Lipinski definition) is 3.